The zero-order valence-corrected chi connectivity index (χ0v) is 11.6. The van der Waals surface area contributed by atoms with E-state index in [4.69, 9.17) is 4.74 Å². The van der Waals surface area contributed by atoms with Crippen molar-refractivity contribution in [1.29, 1.82) is 0 Å². The molecule has 0 spiro atoms. The van der Waals surface area contributed by atoms with Crippen LogP contribution in [-0.2, 0) is 4.74 Å². The van der Waals surface area contributed by atoms with Crippen molar-refractivity contribution in [2.45, 2.75) is 43.8 Å². The molecule has 0 radical (unpaired) electrons. The lowest BCUT2D eigenvalue weighted by Gasteiger charge is -2.37. The van der Waals surface area contributed by atoms with Crippen LogP contribution < -0.4 is 5.32 Å². The van der Waals surface area contributed by atoms with Gasteiger partial charge in [-0.05, 0) is 32.7 Å². The number of likely N-dealkylation sites (N-methyl/N-ethyl adjacent to an activating group) is 1. The SMILES string of the molecule is CN(CCN1CCOCC1)C1CC2CCC(C1)N2. The first-order valence-electron chi connectivity index (χ1n) is 7.57. The Bertz CT molecular complexity index is 256. The second-order valence-electron chi connectivity index (χ2n) is 6.20. The maximum atomic E-state index is 5.40. The Morgan fingerprint density at radius 2 is 1.83 bits per heavy atom. The molecule has 3 aliphatic heterocycles. The lowest BCUT2D eigenvalue weighted by molar-refractivity contribution is 0.0311. The lowest BCUT2D eigenvalue weighted by Crippen LogP contribution is -2.49. The van der Waals surface area contributed by atoms with Gasteiger partial charge in [0.15, 0.2) is 0 Å². The van der Waals surface area contributed by atoms with Crippen LogP contribution in [0.25, 0.3) is 0 Å². The standard InChI is InChI=1S/C14H27N3O/c1-16(4-5-17-6-8-18-9-7-17)14-10-12-2-3-13(11-14)15-12/h12-15H,2-11H2,1H3. The van der Waals surface area contributed by atoms with Crippen LogP contribution in [-0.4, -0.2) is 74.4 Å². The van der Waals surface area contributed by atoms with Gasteiger partial charge in [0, 0.05) is 44.3 Å². The third kappa shape index (κ3) is 3.05. The van der Waals surface area contributed by atoms with Crippen molar-refractivity contribution in [3.63, 3.8) is 0 Å². The summed E-state index contributed by atoms with van der Waals surface area (Å²) in [6, 6.07) is 2.42. The molecule has 4 heteroatoms. The molecular formula is C14H27N3O. The van der Waals surface area contributed by atoms with Gasteiger partial charge in [-0.25, -0.2) is 0 Å². The highest BCUT2D eigenvalue weighted by atomic mass is 16.5. The van der Waals surface area contributed by atoms with E-state index >= 15 is 0 Å². The summed E-state index contributed by atoms with van der Waals surface area (Å²) in [5.74, 6) is 0. The van der Waals surface area contributed by atoms with E-state index < -0.39 is 0 Å². The minimum atomic E-state index is 0.805. The molecule has 0 saturated carbocycles. The van der Waals surface area contributed by atoms with Crippen LogP contribution in [0.2, 0.25) is 0 Å². The highest BCUT2D eigenvalue weighted by Crippen LogP contribution is 2.29. The first kappa shape index (κ1) is 12.9. The van der Waals surface area contributed by atoms with Crippen molar-refractivity contribution in [1.82, 2.24) is 15.1 Å². The maximum Gasteiger partial charge on any atom is 0.0594 e. The van der Waals surface area contributed by atoms with Crippen molar-refractivity contribution < 1.29 is 4.74 Å². The van der Waals surface area contributed by atoms with E-state index in [0.717, 1.165) is 44.4 Å². The second kappa shape index (κ2) is 5.87. The number of ether oxygens (including phenoxy) is 1. The van der Waals surface area contributed by atoms with Crippen LogP contribution in [0.5, 0.6) is 0 Å². The topological polar surface area (TPSA) is 27.7 Å². The zero-order valence-electron chi connectivity index (χ0n) is 11.6. The summed E-state index contributed by atoms with van der Waals surface area (Å²) in [4.78, 5) is 5.14. The Morgan fingerprint density at radius 1 is 1.17 bits per heavy atom. The first-order valence-corrected chi connectivity index (χ1v) is 7.57. The molecule has 2 bridgehead atoms. The predicted octanol–water partition coefficient (Wildman–Crippen LogP) is 0.533. The van der Waals surface area contributed by atoms with E-state index in [1.165, 1.54) is 38.8 Å². The lowest BCUT2D eigenvalue weighted by atomic mass is 9.98. The van der Waals surface area contributed by atoms with E-state index in [-0.39, 0.29) is 0 Å². The van der Waals surface area contributed by atoms with Crippen molar-refractivity contribution in [3.05, 3.63) is 0 Å². The van der Waals surface area contributed by atoms with Crippen LogP contribution in [0.3, 0.4) is 0 Å². The molecule has 0 amide bonds. The highest BCUT2D eigenvalue weighted by molar-refractivity contribution is 4.95. The second-order valence-corrected chi connectivity index (χ2v) is 6.20. The minimum Gasteiger partial charge on any atom is -0.379 e. The summed E-state index contributed by atoms with van der Waals surface area (Å²) in [6.07, 6.45) is 5.52. The minimum absolute atomic E-state index is 0.805. The molecule has 2 unspecified atom stereocenters. The summed E-state index contributed by atoms with van der Waals surface area (Å²) in [5.41, 5.74) is 0. The monoisotopic (exact) mass is 253 g/mol. The van der Waals surface area contributed by atoms with Crippen LogP contribution in [0, 0.1) is 0 Å². The largest absolute Gasteiger partial charge is 0.379 e. The van der Waals surface area contributed by atoms with Gasteiger partial charge in [-0.1, -0.05) is 0 Å². The Morgan fingerprint density at radius 3 is 2.50 bits per heavy atom. The molecule has 18 heavy (non-hydrogen) atoms. The van der Waals surface area contributed by atoms with Gasteiger partial charge in [0.2, 0.25) is 0 Å². The van der Waals surface area contributed by atoms with Gasteiger partial charge < -0.3 is 15.0 Å². The number of hydrogen-bond acceptors (Lipinski definition) is 4. The van der Waals surface area contributed by atoms with Crippen LogP contribution in [0.4, 0.5) is 0 Å². The van der Waals surface area contributed by atoms with Crippen LogP contribution in [0.15, 0.2) is 0 Å². The zero-order chi connectivity index (χ0) is 12.4. The molecule has 0 aromatic heterocycles. The summed E-state index contributed by atoms with van der Waals surface area (Å²) < 4.78 is 5.40. The number of rotatable bonds is 4. The molecule has 3 saturated heterocycles. The molecule has 3 fully saturated rings. The number of nitrogens with one attached hydrogen (secondary N) is 1. The molecule has 2 atom stereocenters. The van der Waals surface area contributed by atoms with Crippen LogP contribution >= 0.6 is 0 Å². The third-order valence-corrected chi connectivity index (χ3v) is 4.94. The summed E-state index contributed by atoms with van der Waals surface area (Å²) in [5, 5.41) is 3.73. The molecule has 3 rings (SSSR count). The van der Waals surface area contributed by atoms with Crippen molar-refractivity contribution in [2.75, 3.05) is 46.4 Å². The molecule has 1 N–H and O–H groups in total. The van der Waals surface area contributed by atoms with E-state index in [1.54, 1.807) is 0 Å². The molecule has 104 valence electrons. The van der Waals surface area contributed by atoms with Gasteiger partial charge in [0.1, 0.15) is 0 Å². The van der Waals surface area contributed by atoms with Crippen molar-refractivity contribution >= 4 is 0 Å². The normalized spacial score (nSPS) is 37.3. The third-order valence-electron chi connectivity index (χ3n) is 4.94. The van der Waals surface area contributed by atoms with Gasteiger partial charge >= 0.3 is 0 Å². The number of fused-ring (bicyclic) bond motifs is 2. The van der Waals surface area contributed by atoms with Crippen molar-refractivity contribution in [3.8, 4) is 0 Å². The molecular weight excluding hydrogens is 226 g/mol. The molecule has 0 aromatic rings. The number of hydrogen-bond donors (Lipinski definition) is 1. The Hall–Kier alpha value is -0.160. The first-order chi connectivity index (χ1) is 8.81. The van der Waals surface area contributed by atoms with Crippen molar-refractivity contribution in [2.24, 2.45) is 0 Å². The Kier molecular flexibility index (Phi) is 4.19. The number of nitrogens with zero attached hydrogens (tertiary/aromatic N) is 2. The highest BCUT2D eigenvalue weighted by Gasteiger charge is 2.34. The van der Waals surface area contributed by atoms with Gasteiger partial charge in [-0.2, -0.15) is 0 Å². The smallest absolute Gasteiger partial charge is 0.0594 e. The summed E-state index contributed by atoms with van der Waals surface area (Å²) >= 11 is 0. The fraction of sp³-hybridized carbons (Fsp3) is 1.00. The predicted molar refractivity (Wildman–Crippen MR) is 72.9 cm³/mol. The molecule has 0 aromatic carbocycles. The average molecular weight is 253 g/mol. The maximum absolute atomic E-state index is 5.40. The quantitative estimate of drug-likeness (QED) is 0.791. The van der Waals surface area contributed by atoms with E-state index in [2.05, 4.69) is 22.2 Å². The summed E-state index contributed by atoms with van der Waals surface area (Å²) in [7, 11) is 2.32. The number of morpholine rings is 1. The molecule has 3 aliphatic rings. The summed E-state index contributed by atoms with van der Waals surface area (Å²) in [6.45, 7) is 6.49. The van der Waals surface area contributed by atoms with Gasteiger partial charge in [0.25, 0.3) is 0 Å². The van der Waals surface area contributed by atoms with E-state index in [0.29, 0.717) is 0 Å². The van der Waals surface area contributed by atoms with E-state index in [9.17, 15) is 0 Å². The fourth-order valence-electron chi connectivity index (χ4n) is 3.69. The van der Waals surface area contributed by atoms with Gasteiger partial charge in [-0.15, -0.1) is 0 Å². The van der Waals surface area contributed by atoms with Gasteiger partial charge in [0.05, 0.1) is 13.2 Å². The molecule has 4 nitrogen and oxygen atoms in total. The van der Waals surface area contributed by atoms with Crippen LogP contribution in [0.1, 0.15) is 25.7 Å². The molecule has 3 heterocycles. The van der Waals surface area contributed by atoms with E-state index in [1.807, 2.05) is 0 Å². The molecule has 0 aliphatic carbocycles. The average Bonchev–Trinajstić information content (AvgIpc) is 2.76. The Balaban J connectivity index is 1.42. The van der Waals surface area contributed by atoms with Gasteiger partial charge in [-0.3, -0.25) is 4.90 Å². The fourth-order valence-corrected chi connectivity index (χ4v) is 3.69. The Labute approximate surface area is 111 Å². The number of piperidine rings is 1.